The zero-order valence-electron chi connectivity index (χ0n) is 11.1. The highest BCUT2D eigenvalue weighted by atomic mass is 32.2. The number of carbonyl (C=O) groups is 1. The van der Waals surface area contributed by atoms with Crippen molar-refractivity contribution in [2.24, 2.45) is 0 Å². The van der Waals surface area contributed by atoms with Gasteiger partial charge in [0.15, 0.2) is 0 Å². The van der Waals surface area contributed by atoms with Crippen molar-refractivity contribution in [2.75, 3.05) is 12.4 Å². The maximum absolute atomic E-state index is 11.8. The fourth-order valence-electron chi connectivity index (χ4n) is 2.03. The van der Waals surface area contributed by atoms with E-state index in [1.165, 1.54) is 6.92 Å². The first-order valence-electron chi connectivity index (χ1n) is 6.35. The van der Waals surface area contributed by atoms with E-state index in [0.29, 0.717) is 13.0 Å². The molecule has 1 atom stereocenters. The molecular weight excluding hydrogens is 282 g/mol. The summed E-state index contributed by atoms with van der Waals surface area (Å²) in [6.07, 6.45) is 1.18. The smallest absolute Gasteiger partial charge is 0.321 e. The van der Waals surface area contributed by atoms with Crippen LogP contribution >= 0.6 is 0 Å². The standard InChI is InChI=1S/C13H17NO5S/c1-9(13(15)16)14-20(17,18)7-5-10-2-3-12-11(8-10)4-6-19-12/h2-3,8-9,14H,4-7H2,1H3,(H,15,16)/t9-/m0/s1. The fraction of sp³-hybridized carbons (Fsp3) is 0.462. The number of carboxylic acids is 1. The summed E-state index contributed by atoms with van der Waals surface area (Å²) in [4.78, 5) is 10.6. The molecule has 0 radical (unpaired) electrons. The van der Waals surface area contributed by atoms with E-state index in [9.17, 15) is 13.2 Å². The number of sulfonamides is 1. The van der Waals surface area contributed by atoms with E-state index < -0.39 is 22.0 Å². The molecule has 0 saturated heterocycles. The maximum Gasteiger partial charge on any atom is 0.321 e. The van der Waals surface area contributed by atoms with E-state index in [0.717, 1.165) is 23.3 Å². The molecule has 2 rings (SSSR count). The molecule has 1 aromatic carbocycles. The van der Waals surface area contributed by atoms with Gasteiger partial charge in [0.1, 0.15) is 11.8 Å². The molecule has 6 nitrogen and oxygen atoms in total. The Labute approximate surface area is 117 Å². The second-order valence-corrected chi connectivity index (χ2v) is 6.66. The van der Waals surface area contributed by atoms with Crippen LogP contribution in [0.3, 0.4) is 0 Å². The minimum atomic E-state index is -3.60. The average molecular weight is 299 g/mol. The lowest BCUT2D eigenvalue weighted by molar-refractivity contribution is -0.138. The molecule has 0 spiro atoms. The summed E-state index contributed by atoms with van der Waals surface area (Å²) < 4.78 is 31.0. The molecule has 110 valence electrons. The van der Waals surface area contributed by atoms with Crippen molar-refractivity contribution in [3.8, 4) is 5.75 Å². The van der Waals surface area contributed by atoms with Crippen molar-refractivity contribution in [3.05, 3.63) is 29.3 Å². The molecule has 1 aromatic rings. The summed E-state index contributed by atoms with van der Waals surface area (Å²) in [6.45, 7) is 1.96. The van der Waals surface area contributed by atoms with Crippen molar-refractivity contribution in [1.82, 2.24) is 4.72 Å². The van der Waals surface area contributed by atoms with E-state index in [1.54, 1.807) is 0 Å². The van der Waals surface area contributed by atoms with Crippen LogP contribution in [-0.2, 0) is 27.7 Å². The Hall–Kier alpha value is -1.60. The zero-order valence-corrected chi connectivity index (χ0v) is 11.9. The second kappa shape index (κ2) is 5.80. The Balaban J connectivity index is 1.96. The van der Waals surface area contributed by atoms with Gasteiger partial charge in [0.2, 0.25) is 10.0 Å². The van der Waals surface area contributed by atoms with Crippen molar-refractivity contribution in [2.45, 2.75) is 25.8 Å². The highest BCUT2D eigenvalue weighted by Crippen LogP contribution is 2.26. The molecule has 1 heterocycles. The van der Waals surface area contributed by atoms with Crippen LogP contribution < -0.4 is 9.46 Å². The fourth-order valence-corrected chi connectivity index (χ4v) is 3.29. The van der Waals surface area contributed by atoms with Crippen LogP contribution in [-0.4, -0.2) is 37.9 Å². The number of hydrogen-bond donors (Lipinski definition) is 2. The van der Waals surface area contributed by atoms with Crippen LogP contribution in [0.4, 0.5) is 0 Å². The van der Waals surface area contributed by atoms with Gasteiger partial charge in [0.05, 0.1) is 12.4 Å². The first-order valence-corrected chi connectivity index (χ1v) is 8.00. The molecule has 1 aliphatic heterocycles. The number of carboxylic acid groups (broad SMARTS) is 1. The molecule has 0 fully saturated rings. The third-order valence-electron chi connectivity index (χ3n) is 3.14. The molecule has 0 amide bonds. The predicted octanol–water partition coefficient (Wildman–Crippen LogP) is 0.556. The second-order valence-electron chi connectivity index (χ2n) is 4.79. The van der Waals surface area contributed by atoms with Crippen LogP contribution in [0.2, 0.25) is 0 Å². The Morgan fingerprint density at radius 1 is 1.50 bits per heavy atom. The van der Waals surface area contributed by atoms with Crippen LogP contribution in [0.25, 0.3) is 0 Å². The van der Waals surface area contributed by atoms with Gasteiger partial charge < -0.3 is 9.84 Å². The van der Waals surface area contributed by atoms with Crippen LogP contribution in [0.5, 0.6) is 5.75 Å². The van der Waals surface area contributed by atoms with E-state index >= 15 is 0 Å². The average Bonchev–Trinajstić information content (AvgIpc) is 2.83. The third-order valence-corrected chi connectivity index (χ3v) is 4.59. The van der Waals surface area contributed by atoms with Gasteiger partial charge in [-0.3, -0.25) is 4.79 Å². The van der Waals surface area contributed by atoms with Gasteiger partial charge in [-0.2, -0.15) is 0 Å². The van der Waals surface area contributed by atoms with Gasteiger partial charge in [-0.15, -0.1) is 0 Å². The molecule has 0 aromatic heterocycles. The zero-order chi connectivity index (χ0) is 14.8. The van der Waals surface area contributed by atoms with Gasteiger partial charge in [-0.25, -0.2) is 13.1 Å². The quantitative estimate of drug-likeness (QED) is 0.800. The molecule has 7 heteroatoms. The number of nitrogens with one attached hydrogen (secondary N) is 1. The predicted molar refractivity (Wildman–Crippen MR) is 73.4 cm³/mol. The summed E-state index contributed by atoms with van der Waals surface area (Å²) in [5.74, 6) is -0.470. The first kappa shape index (κ1) is 14.8. The highest BCUT2D eigenvalue weighted by Gasteiger charge is 2.19. The summed E-state index contributed by atoms with van der Waals surface area (Å²) in [7, 11) is -3.60. The van der Waals surface area contributed by atoms with Crippen molar-refractivity contribution < 1.29 is 23.1 Å². The lowest BCUT2D eigenvalue weighted by Crippen LogP contribution is -2.39. The monoisotopic (exact) mass is 299 g/mol. The third kappa shape index (κ3) is 3.71. The molecule has 0 saturated carbocycles. The molecule has 0 bridgehead atoms. The summed E-state index contributed by atoms with van der Waals surface area (Å²) >= 11 is 0. The van der Waals surface area contributed by atoms with Crippen LogP contribution in [0.15, 0.2) is 18.2 Å². The number of fused-ring (bicyclic) bond motifs is 1. The van der Waals surface area contributed by atoms with E-state index in [1.807, 2.05) is 18.2 Å². The van der Waals surface area contributed by atoms with E-state index in [4.69, 9.17) is 9.84 Å². The minimum Gasteiger partial charge on any atom is -0.493 e. The number of benzene rings is 1. The summed E-state index contributed by atoms with van der Waals surface area (Å²) in [6, 6.07) is 4.50. The molecule has 20 heavy (non-hydrogen) atoms. The Kier molecular flexibility index (Phi) is 4.29. The van der Waals surface area contributed by atoms with Gasteiger partial charge in [-0.05, 0) is 30.5 Å². The Bertz CT molecular complexity index is 611. The number of aryl methyl sites for hydroxylation is 1. The molecule has 0 unspecified atom stereocenters. The molecule has 2 N–H and O–H groups in total. The molecular formula is C13H17NO5S. The van der Waals surface area contributed by atoms with Gasteiger partial charge in [0.25, 0.3) is 0 Å². The number of hydrogen-bond acceptors (Lipinski definition) is 4. The van der Waals surface area contributed by atoms with Gasteiger partial charge in [-0.1, -0.05) is 12.1 Å². The normalized spacial score (nSPS) is 15.4. The largest absolute Gasteiger partial charge is 0.493 e. The number of rotatable bonds is 6. The lowest BCUT2D eigenvalue weighted by Gasteiger charge is -2.10. The topological polar surface area (TPSA) is 92.7 Å². The number of ether oxygens (including phenoxy) is 1. The maximum atomic E-state index is 11.8. The van der Waals surface area contributed by atoms with Crippen LogP contribution in [0, 0.1) is 0 Å². The van der Waals surface area contributed by atoms with Crippen molar-refractivity contribution >= 4 is 16.0 Å². The lowest BCUT2D eigenvalue weighted by atomic mass is 10.1. The summed E-state index contributed by atoms with van der Waals surface area (Å²) in [5, 5.41) is 8.70. The van der Waals surface area contributed by atoms with Gasteiger partial charge in [0, 0.05) is 6.42 Å². The van der Waals surface area contributed by atoms with Crippen molar-refractivity contribution in [3.63, 3.8) is 0 Å². The number of aliphatic carboxylic acids is 1. The summed E-state index contributed by atoms with van der Waals surface area (Å²) in [5.41, 5.74) is 1.99. The van der Waals surface area contributed by atoms with E-state index in [2.05, 4.69) is 4.72 Å². The Morgan fingerprint density at radius 2 is 2.25 bits per heavy atom. The first-order chi connectivity index (χ1) is 9.37. The van der Waals surface area contributed by atoms with Gasteiger partial charge >= 0.3 is 5.97 Å². The Morgan fingerprint density at radius 3 is 2.95 bits per heavy atom. The van der Waals surface area contributed by atoms with E-state index in [-0.39, 0.29) is 5.75 Å². The van der Waals surface area contributed by atoms with Crippen LogP contribution in [0.1, 0.15) is 18.1 Å². The SMILES string of the molecule is C[C@H](NS(=O)(=O)CCc1ccc2c(c1)CCO2)C(=O)O. The van der Waals surface area contributed by atoms with Crippen molar-refractivity contribution in [1.29, 1.82) is 0 Å². The molecule has 0 aliphatic carbocycles. The minimum absolute atomic E-state index is 0.135. The highest BCUT2D eigenvalue weighted by molar-refractivity contribution is 7.89. The molecule has 1 aliphatic rings.